The molecular weight excluding hydrogens is 499 g/mol. The third kappa shape index (κ3) is 4.71. The topological polar surface area (TPSA) is 85.7 Å². The summed E-state index contributed by atoms with van der Waals surface area (Å²) in [6.45, 7) is 3.71. The number of benzene rings is 3. The second-order valence-electron chi connectivity index (χ2n) is 9.64. The highest BCUT2D eigenvalue weighted by atomic mass is 19.1. The lowest BCUT2D eigenvalue weighted by Gasteiger charge is -2.43. The van der Waals surface area contributed by atoms with Gasteiger partial charge in [0.05, 0.1) is 26.5 Å². The highest BCUT2D eigenvalue weighted by Crippen LogP contribution is 2.36. The SMILES string of the molecule is COc1ccc(-c2cc3n(n2)C[C@@](C)(C(=O)NCc2ccccc2OC)N(c2ccc(F)cc2C)C3=O)cc1. The number of carbonyl (C=O) groups excluding carboxylic acids is 2. The van der Waals surface area contributed by atoms with Crippen molar-refractivity contribution in [1.82, 2.24) is 15.1 Å². The van der Waals surface area contributed by atoms with Gasteiger partial charge in [-0.1, -0.05) is 18.2 Å². The lowest BCUT2D eigenvalue weighted by atomic mass is 9.93. The minimum Gasteiger partial charge on any atom is -0.497 e. The number of ether oxygens (including phenoxy) is 2. The highest BCUT2D eigenvalue weighted by molar-refractivity contribution is 6.12. The number of carbonyl (C=O) groups is 2. The molecule has 1 aliphatic rings. The van der Waals surface area contributed by atoms with Crippen LogP contribution in [0.1, 0.15) is 28.5 Å². The second-order valence-corrected chi connectivity index (χ2v) is 9.64. The van der Waals surface area contributed by atoms with Gasteiger partial charge in [-0.2, -0.15) is 5.10 Å². The maximum absolute atomic E-state index is 14.0. The monoisotopic (exact) mass is 528 g/mol. The zero-order valence-electron chi connectivity index (χ0n) is 22.2. The van der Waals surface area contributed by atoms with Crippen LogP contribution in [0.15, 0.2) is 72.8 Å². The Labute approximate surface area is 226 Å². The molecule has 1 atom stereocenters. The number of nitrogens with zero attached hydrogens (tertiary/aromatic N) is 3. The molecule has 0 radical (unpaired) electrons. The molecule has 0 spiro atoms. The number of amides is 2. The van der Waals surface area contributed by atoms with Gasteiger partial charge < -0.3 is 14.8 Å². The van der Waals surface area contributed by atoms with E-state index in [1.54, 1.807) is 38.8 Å². The Morgan fingerprint density at radius 2 is 1.79 bits per heavy atom. The van der Waals surface area contributed by atoms with E-state index in [1.807, 2.05) is 48.5 Å². The first-order valence-electron chi connectivity index (χ1n) is 12.5. The molecule has 0 fully saturated rings. The van der Waals surface area contributed by atoms with E-state index in [1.165, 1.54) is 23.1 Å². The first-order chi connectivity index (χ1) is 18.7. The number of aromatic nitrogens is 2. The number of anilines is 1. The van der Waals surface area contributed by atoms with E-state index < -0.39 is 17.3 Å². The normalized spacial score (nSPS) is 16.5. The molecule has 1 N–H and O–H groups in total. The van der Waals surface area contributed by atoms with Gasteiger partial charge in [0.15, 0.2) is 0 Å². The van der Waals surface area contributed by atoms with Crippen molar-refractivity contribution >= 4 is 17.5 Å². The van der Waals surface area contributed by atoms with Gasteiger partial charge in [-0.25, -0.2) is 4.39 Å². The molecular formula is C30H29FN4O4. The Morgan fingerprint density at radius 1 is 1.05 bits per heavy atom. The van der Waals surface area contributed by atoms with E-state index in [4.69, 9.17) is 9.47 Å². The Kier molecular flexibility index (Phi) is 6.82. The lowest BCUT2D eigenvalue weighted by Crippen LogP contribution is -2.64. The number of hydrogen-bond donors (Lipinski definition) is 1. The Bertz CT molecular complexity index is 1550. The average molecular weight is 529 g/mol. The van der Waals surface area contributed by atoms with Crippen molar-refractivity contribution in [3.8, 4) is 22.8 Å². The number of rotatable bonds is 7. The van der Waals surface area contributed by atoms with Crippen LogP contribution < -0.4 is 19.7 Å². The van der Waals surface area contributed by atoms with Crippen LogP contribution >= 0.6 is 0 Å². The van der Waals surface area contributed by atoms with Crippen molar-refractivity contribution in [2.75, 3.05) is 19.1 Å². The standard InChI is InChI=1S/C30H29FN4O4/c1-19-15-22(31)11-14-25(19)35-28(36)26-16-24(20-9-12-23(38-3)13-10-20)33-34(26)18-30(35,2)29(37)32-17-21-7-5-6-8-27(21)39-4/h5-16H,17-18H2,1-4H3,(H,32,37)/t30-/m0/s1. The van der Waals surface area contributed by atoms with Crippen molar-refractivity contribution < 1.29 is 23.5 Å². The van der Waals surface area contributed by atoms with Crippen LogP contribution in [0.25, 0.3) is 11.3 Å². The maximum atomic E-state index is 14.0. The van der Waals surface area contributed by atoms with Gasteiger partial charge in [0.1, 0.15) is 28.5 Å². The fraction of sp³-hybridized carbons (Fsp3) is 0.233. The lowest BCUT2D eigenvalue weighted by molar-refractivity contribution is -0.126. The number of hydrogen-bond acceptors (Lipinski definition) is 5. The van der Waals surface area contributed by atoms with Crippen molar-refractivity contribution in [2.45, 2.75) is 32.5 Å². The minimum atomic E-state index is -1.36. The number of methoxy groups -OCH3 is 2. The summed E-state index contributed by atoms with van der Waals surface area (Å²) in [5, 5.41) is 7.66. The Hall–Kier alpha value is -4.66. The van der Waals surface area contributed by atoms with Crippen LogP contribution in [0, 0.1) is 12.7 Å². The Morgan fingerprint density at radius 3 is 2.49 bits per heavy atom. The fourth-order valence-electron chi connectivity index (χ4n) is 4.95. The first-order valence-corrected chi connectivity index (χ1v) is 12.5. The summed E-state index contributed by atoms with van der Waals surface area (Å²) in [5.74, 6) is 0.147. The van der Waals surface area contributed by atoms with Crippen LogP contribution in [0.3, 0.4) is 0 Å². The predicted molar refractivity (Wildman–Crippen MR) is 145 cm³/mol. The van der Waals surface area contributed by atoms with E-state index in [-0.39, 0.29) is 19.0 Å². The molecule has 4 aromatic rings. The summed E-state index contributed by atoms with van der Waals surface area (Å²) < 4.78 is 26.2. The smallest absolute Gasteiger partial charge is 0.277 e. The van der Waals surface area contributed by atoms with Crippen molar-refractivity contribution in [1.29, 1.82) is 0 Å². The largest absolute Gasteiger partial charge is 0.497 e. The fourth-order valence-corrected chi connectivity index (χ4v) is 4.95. The van der Waals surface area contributed by atoms with Gasteiger partial charge >= 0.3 is 0 Å². The number of nitrogens with one attached hydrogen (secondary N) is 1. The van der Waals surface area contributed by atoms with E-state index in [9.17, 15) is 14.0 Å². The minimum absolute atomic E-state index is 0.0960. The molecule has 1 aliphatic heterocycles. The van der Waals surface area contributed by atoms with Gasteiger partial charge in [0.2, 0.25) is 5.91 Å². The van der Waals surface area contributed by atoms with Crippen LogP contribution in [0.2, 0.25) is 0 Å². The van der Waals surface area contributed by atoms with Crippen molar-refractivity contribution in [2.24, 2.45) is 0 Å². The summed E-state index contributed by atoms with van der Waals surface area (Å²) in [4.78, 5) is 29.4. The Balaban J connectivity index is 1.55. The molecule has 200 valence electrons. The van der Waals surface area contributed by atoms with Gasteiger partial charge in [-0.05, 0) is 74.0 Å². The van der Waals surface area contributed by atoms with Crippen LogP contribution in [0.5, 0.6) is 11.5 Å². The van der Waals surface area contributed by atoms with Gasteiger partial charge in [0, 0.05) is 23.4 Å². The van der Waals surface area contributed by atoms with Crippen molar-refractivity contribution in [3.05, 3.63) is 95.4 Å². The van der Waals surface area contributed by atoms with Crippen LogP contribution in [-0.2, 0) is 17.9 Å². The van der Waals surface area contributed by atoms with E-state index in [0.29, 0.717) is 34.1 Å². The van der Waals surface area contributed by atoms with Gasteiger partial charge in [0.25, 0.3) is 5.91 Å². The summed E-state index contributed by atoms with van der Waals surface area (Å²) in [7, 11) is 3.16. The molecule has 5 rings (SSSR count). The number of aryl methyl sites for hydroxylation is 1. The summed E-state index contributed by atoms with van der Waals surface area (Å²) in [6.07, 6.45) is 0. The van der Waals surface area contributed by atoms with Gasteiger partial charge in [-0.3, -0.25) is 19.2 Å². The number of para-hydroxylation sites is 1. The molecule has 0 bridgehead atoms. The molecule has 0 saturated heterocycles. The summed E-state index contributed by atoms with van der Waals surface area (Å²) >= 11 is 0. The predicted octanol–water partition coefficient (Wildman–Crippen LogP) is 4.75. The van der Waals surface area contributed by atoms with Gasteiger partial charge in [-0.15, -0.1) is 0 Å². The summed E-state index contributed by atoms with van der Waals surface area (Å²) in [6, 6.07) is 20.6. The van der Waals surface area contributed by atoms with E-state index in [2.05, 4.69) is 10.4 Å². The van der Waals surface area contributed by atoms with Crippen LogP contribution in [-0.4, -0.2) is 41.4 Å². The molecule has 3 aromatic carbocycles. The maximum Gasteiger partial charge on any atom is 0.277 e. The number of fused-ring (bicyclic) bond motifs is 1. The highest BCUT2D eigenvalue weighted by Gasteiger charge is 2.49. The molecule has 2 heterocycles. The molecule has 8 nitrogen and oxygen atoms in total. The molecule has 39 heavy (non-hydrogen) atoms. The van der Waals surface area contributed by atoms with E-state index >= 15 is 0 Å². The quantitative estimate of drug-likeness (QED) is 0.374. The molecule has 0 aliphatic carbocycles. The second kappa shape index (κ2) is 10.2. The molecule has 9 heteroatoms. The number of halogens is 1. The third-order valence-electron chi connectivity index (χ3n) is 7.06. The van der Waals surface area contributed by atoms with Crippen molar-refractivity contribution in [3.63, 3.8) is 0 Å². The average Bonchev–Trinajstić information content (AvgIpc) is 3.37. The molecule has 2 amide bonds. The molecule has 0 unspecified atom stereocenters. The summed E-state index contributed by atoms with van der Waals surface area (Å²) in [5.41, 5.74) is 2.15. The third-order valence-corrected chi connectivity index (χ3v) is 7.06. The molecule has 0 saturated carbocycles. The zero-order chi connectivity index (χ0) is 27.7. The first kappa shape index (κ1) is 26.0. The van der Waals surface area contributed by atoms with Crippen LogP contribution in [0.4, 0.5) is 10.1 Å². The zero-order valence-corrected chi connectivity index (χ0v) is 22.2. The molecule has 1 aromatic heterocycles. The van der Waals surface area contributed by atoms with E-state index in [0.717, 1.165) is 11.1 Å².